The normalized spacial score (nSPS) is 12.9. The second kappa shape index (κ2) is 5.98. The van der Waals surface area contributed by atoms with Crippen LogP contribution in [-0.2, 0) is 25.4 Å². The maximum Gasteiger partial charge on any atom is 0.263 e. The van der Waals surface area contributed by atoms with Gasteiger partial charge >= 0.3 is 0 Å². The summed E-state index contributed by atoms with van der Waals surface area (Å²) in [5, 5.41) is 0.500. The lowest BCUT2D eigenvalue weighted by molar-refractivity contribution is 0.588. The smallest absolute Gasteiger partial charge is 0.263 e. The minimum atomic E-state index is -3.87. The molecule has 5 nitrogen and oxygen atoms in total. The standard InChI is InChI=1S/C13H16ClNO4S2/c1-2-8-20(16,17)9-7-15-10-13(21(14,18)19)11-5-3-4-6-12(11)15/h3-6,10H,2,7-9H2,1H3. The summed E-state index contributed by atoms with van der Waals surface area (Å²) >= 11 is 0. The van der Waals surface area contributed by atoms with Crippen LogP contribution in [0.5, 0.6) is 0 Å². The molecule has 8 heteroatoms. The van der Waals surface area contributed by atoms with Gasteiger partial charge in [-0.05, 0) is 12.5 Å². The van der Waals surface area contributed by atoms with Crippen LogP contribution < -0.4 is 0 Å². The van der Waals surface area contributed by atoms with Gasteiger partial charge in [-0.1, -0.05) is 25.1 Å². The van der Waals surface area contributed by atoms with Gasteiger partial charge in [-0.2, -0.15) is 0 Å². The van der Waals surface area contributed by atoms with Crippen molar-refractivity contribution < 1.29 is 16.8 Å². The van der Waals surface area contributed by atoms with Crippen LogP contribution in [0.1, 0.15) is 13.3 Å². The first-order chi connectivity index (χ1) is 9.74. The van der Waals surface area contributed by atoms with E-state index in [4.69, 9.17) is 10.7 Å². The zero-order valence-corrected chi connectivity index (χ0v) is 13.9. The SMILES string of the molecule is CCCS(=O)(=O)CCn1cc(S(=O)(=O)Cl)c2ccccc21. The van der Waals surface area contributed by atoms with E-state index in [2.05, 4.69) is 0 Å². The third kappa shape index (κ3) is 3.78. The molecule has 0 unspecified atom stereocenters. The molecule has 1 heterocycles. The number of hydrogen-bond donors (Lipinski definition) is 0. The number of sulfone groups is 1. The number of benzene rings is 1. The van der Waals surface area contributed by atoms with Crippen molar-refractivity contribution in [3.8, 4) is 0 Å². The molecule has 0 N–H and O–H groups in total. The third-order valence-electron chi connectivity index (χ3n) is 3.17. The van der Waals surface area contributed by atoms with E-state index < -0.39 is 18.9 Å². The lowest BCUT2D eigenvalue weighted by Gasteiger charge is -2.05. The van der Waals surface area contributed by atoms with E-state index in [9.17, 15) is 16.8 Å². The Bertz CT molecular complexity index is 853. The first kappa shape index (κ1) is 16.3. The van der Waals surface area contributed by atoms with Gasteiger partial charge in [0.1, 0.15) is 4.90 Å². The lowest BCUT2D eigenvalue weighted by atomic mass is 10.2. The molecule has 0 atom stereocenters. The highest BCUT2D eigenvalue weighted by Gasteiger charge is 2.19. The highest BCUT2D eigenvalue weighted by molar-refractivity contribution is 8.14. The summed E-state index contributed by atoms with van der Waals surface area (Å²) in [6.45, 7) is 2.01. The average molecular weight is 350 g/mol. The Morgan fingerprint density at radius 2 is 1.76 bits per heavy atom. The Morgan fingerprint density at radius 3 is 2.38 bits per heavy atom. The van der Waals surface area contributed by atoms with Gasteiger partial charge in [-0.25, -0.2) is 16.8 Å². The maximum atomic E-state index is 11.8. The molecule has 0 amide bonds. The second-order valence-electron chi connectivity index (χ2n) is 4.79. The van der Waals surface area contributed by atoms with Crippen LogP contribution in [0.25, 0.3) is 10.9 Å². The summed E-state index contributed by atoms with van der Waals surface area (Å²) in [5.74, 6) is 0.105. The topological polar surface area (TPSA) is 73.2 Å². The molecule has 21 heavy (non-hydrogen) atoms. The minimum Gasteiger partial charge on any atom is -0.345 e. The molecule has 2 aromatic rings. The number of para-hydroxylation sites is 1. The molecule has 0 aliphatic heterocycles. The molecule has 0 saturated heterocycles. The molecule has 0 saturated carbocycles. The van der Waals surface area contributed by atoms with Crippen LogP contribution in [0.4, 0.5) is 0 Å². The van der Waals surface area contributed by atoms with Crippen LogP contribution in [0.15, 0.2) is 35.4 Å². The second-order valence-corrected chi connectivity index (χ2v) is 9.63. The van der Waals surface area contributed by atoms with Crippen molar-refractivity contribution in [3.05, 3.63) is 30.5 Å². The van der Waals surface area contributed by atoms with E-state index in [0.717, 1.165) is 0 Å². The van der Waals surface area contributed by atoms with E-state index in [1.165, 1.54) is 6.20 Å². The molecular formula is C13H16ClNO4S2. The van der Waals surface area contributed by atoms with Gasteiger partial charge in [-0.15, -0.1) is 0 Å². The summed E-state index contributed by atoms with van der Waals surface area (Å²) in [6, 6.07) is 6.88. The number of halogens is 1. The van der Waals surface area contributed by atoms with Crippen molar-refractivity contribution in [1.29, 1.82) is 0 Å². The Hall–Kier alpha value is -1.05. The minimum absolute atomic E-state index is 0.00709. The van der Waals surface area contributed by atoms with Crippen molar-refractivity contribution in [3.63, 3.8) is 0 Å². The Kier molecular flexibility index (Phi) is 4.65. The Morgan fingerprint density at radius 1 is 1.10 bits per heavy atom. The van der Waals surface area contributed by atoms with Crippen molar-refractivity contribution in [2.75, 3.05) is 11.5 Å². The summed E-state index contributed by atoms with van der Waals surface area (Å²) in [4.78, 5) is 0.00709. The fourth-order valence-electron chi connectivity index (χ4n) is 2.24. The van der Waals surface area contributed by atoms with E-state index in [1.807, 2.05) is 0 Å². The number of fused-ring (bicyclic) bond motifs is 1. The predicted molar refractivity (Wildman–Crippen MR) is 83.9 cm³/mol. The Labute approximate surface area is 128 Å². The van der Waals surface area contributed by atoms with Crippen LogP contribution in [0.2, 0.25) is 0 Å². The van der Waals surface area contributed by atoms with Gasteiger partial charge in [0.15, 0.2) is 9.84 Å². The molecule has 1 aromatic carbocycles. The van der Waals surface area contributed by atoms with Gasteiger partial charge in [0.2, 0.25) is 0 Å². The molecule has 1 aromatic heterocycles. The number of nitrogens with zero attached hydrogens (tertiary/aromatic N) is 1. The molecule has 0 fully saturated rings. The molecule has 0 radical (unpaired) electrons. The quantitative estimate of drug-likeness (QED) is 0.750. The zero-order chi connectivity index (χ0) is 15.7. The van der Waals surface area contributed by atoms with Crippen molar-refractivity contribution in [1.82, 2.24) is 4.57 Å². The highest BCUT2D eigenvalue weighted by Crippen LogP contribution is 2.27. The predicted octanol–water partition coefficient (Wildman–Crippen LogP) is 2.39. The number of aryl methyl sites for hydroxylation is 1. The monoisotopic (exact) mass is 349 g/mol. The summed E-state index contributed by atoms with van der Waals surface area (Å²) in [6.07, 6.45) is 1.96. The summed E-state index contributed by atoms with van der Waals surface area (Å²) in [7, 11) is -1.57. The van der Waals surface area contributed by atoms with Crippen molar-refractivity contribution in [2.24, 2.45) is 0 Å². The first-order valence-corrected chi connectivity index (χ1v) is 10.6. The first-order valence-electron chi connectivity index (χ1n) is 6.47. The molecule has 0 spiro atoms. The van der Waals surface area contributed by atoms with Gasteiger partial charge < -0.3 is 4.57 Å². The molecule has 2 rings (SSSR count). The molecule has 0 aliphatic rings. The number of hydrogen-bond acceptors (Lipinski definition) is 4. The largest absolute Gasteiger partial charge is 0.345 e. The third-order valence-corrected chi connectivity index (χ3v) is 6.36. The van der Waals surface area contributed by atoms with E-state index in [-0.39, 0.29) is 22.9 Å². The van der Waals surface area contributed by atoms with Crippen molar-refractivity contribution >= 4 is 40.5 Å². The van der Waals surface area contributed by atoms with Crippen molar-refractivity contribution in [2.45, 2.75) is 24.8 Å². The van der Waals surface area contributed by atoms with E-state index in [0.29, 0.717) is 17.3 Å². The number of rotatable bonds is 6. The van der Waals surface area contributed by atoms with Crippen LogP contribution in [-0.4, -0.2) is 32.9 Å². The van der Waals surface area contributed by atoms with E-state index >= 15 is 0 Å². The van der Waals surface area contributed by atoms with Crippen LogP contribution >= 0.6 is 10.7 Å². The van der Waals surface area contributed by atoms with Gasteiger partial charge in [-0.3, -0.25) is 0 Å². The van der Waals surface area contributed by atoms with Gasteiger partial charge in [0.05, 0.1) is 5.75 Å². The fourth-order valence-corrected chi connectivity index (χ4v) is 4.60. The summed E-state index contributed by atoms with van der Waals surface area (Å²) < 4.78 is 48.4. The maximum absolute atomic E-state index is 11.8. The molecule has 116 valence electrons. The van der Waals surface area contributed by atoms with Crippen LogP contribution in [0, 0.1) is 0 Å². The molecular weight excluding hydrogens is 334 g/mol. The highest BCUT2D eigenvalue weighted by atomic mass is 35.7. The van der Waals surface area contributed by atoms with Gasteiger partial charge in [0.25, 0.3) is 9.05 Å². The lowest BCUT2D eigenvalue weighted by Crippen LogP contribution is -2.15. The van der Waals surface area contributed by atoms with E-state index in [1.54, 1.807) is 35.8 Å². The number of aromatic nitrogens is 1. The van der Waals surface area contributed by atoms with Gasteiger partial charge in [0, 0.05) is 40.1 Å². The average Bonchev–Trinajstić information content (AvgIpc) is 2.75. The summed E-state index contributed by atoms with van der Waals surface area (Å²) in [5.41, 5.74) is 0.656. The molecule has 0 aliphatic carbocycles. The Balaban J connectivity index is 2.42. The zero-order valence-electron chi connectivity index (χ0n) is 11.5. The fraction of sp³-hybridized carbons (Fsp3) is 0.385. The van der Waals surface area contributed by atoms with Crippen LogP contribution in [0.3, 0.4) is 0 Å². The molecule has 0 bridgehead atoms.